The van der Waals surface area contributed by atoms with E-state index in [1.165, 1.54) is 0 Å². The second-order valence-corrected chi connectivity index (χ2v) is 3.68. The second-order valence-electron chi connectivity index (χ2n) is 3.68. The van der Waals surface area contributed by atoms with Crippen LogP contribution in [-0.2, 0) is 18.3 Å². The van der Waals surface area contributed by atoms with Gasteiger partial charge in [0.05, 0.1) is 5.69 Å². The van der Waals surface area contributed by atoms with Gasteiger partial charge in [-0.15, -0.1) is 0 Å². The van der Waals surface area contributed by atoms with Gasteiger partial charge in [-0.3, -0.25) is 9.48 Å². The van der Waals surface area contributed by atoms with E-state index in [1.54, 1.807) is 4.68 Å². The third-order valence-electron chi connectivity index (χ3n) is 1.97. The summed E-state index contributed by atoms with van der Waals surface area (Å²) >= 11 is 0. The number of aryl methyl sites for hydroxylation is 1. The maximum atomic E-state index is 11.2. The molecule has 0 bridgehead atoms. The van der Waals surface area contributed by atoms with Gasteiger partial charge in [0.15, 0.2) is 0 Å². The van der Waals surface area contributed by atoms with Gasteiger partial charge in [0, 0.05) is 32.1 Å². The van der Waals surface area contributed by atoms with Crippen LogP contribution in [-0.4, -0.2) is 22.2 Å². The summed E-state index contributed by atoms with van der Waals surface area (Å²) in [4.78, 5) is 11.2. The predicted octanol–water partition coefficient (Wildman–Crippen LogP) is 0.735. The smallest absolute Gasteiger partial charge is 0.222 e. The third-order valence-corrected chi connectivity index (χ3v) is 1.97. The number of amides is 1. The highest BCUT2D eigenvalue weighted by atomic mass is 16.1. The summed E-state index contributed by atoms with van der Waals surface area (Å²) in [5, 5.41) is 7.07. The second kappa shape index (κ2) is 4.79. The lowest BCUT2D eigenvalue weighted by Crippen LogP contribution is -2.29. The van der Waals surface area contributed by atoms with E-state index >= 15 is 0 Å². The molecular weight excluding hydrogens is 178 g/mol. The fourth-order valence-electron chi connectivity index (χ4n) is 1.11. The van der Waals surface area contributed by atoms with Gasteiger partial charge in [0.2, 0.25) is 5.91 Å². The summed E-state index contributed by atoms with van der Waals surface area (Å²) in [7, 11) is 1.89. The summed E-state index contributed by atoms with van der Waals surface area (Å²) in [6.07, 6.45) is 2.69. The first-order chi connectivity index (χ1) is 6.59. The minimum absolute atomic E-state index is 0.0544. The third kappa shape index (κ3) is 3.20. The number of hydrogen-bond donors (Lipinski definition) is 1. The van der Waals surface area contributed by atoms with Crippen LogP contribution in [0.2, 0.25) is 0 Å². The molecule has 0 saturated carbocycles. The molecule has 0 aliphatic carbocycles. The van der Waals surface area contributed by atoms with Crippen LogP contribution in [0.5, 0.6) is 0 Å². The molecule has 1 aromatic heterocycles. The number of carbonyl (C=O) groups excluding carboxylic acids is 1. The van der Waals surface area contributed by atoms with Gasteiger partial charge in [-0.05, 0) is 6.07 Å². The fraction of sp³-hybridized carbons (Fsp3) is 0.600. The Morgan fingerprint density at radius 3 is 2.86 bits per heavy atom. The van der Waals surface area contributed by atoms with Crippen LogP contribution >= 0.6 is 0 Å². The van der Waals surface area contributed by atoms with Crippen LogP contribution in [0.25, 0.3) is 0 Å². The van der Waals surface area contributed by atoms with Crippen molar-refractivity contribution >= 4 is 5.91 Å². The highest BCUT2D eigenvalue weighted by molar-refractivity contribution is 5.77. The average Bonchev–Trinajstić information content (AvgIpc) is 2.51. The van der Waals surface area contributed by atoms with Crippen molar-refractivity contribution in [2.45, 2.75) is 20.3 Å². The van der Waals surface area contributed by atoms with Crippen LogP contribution in [0.1, 0.15) is 19.5 Å². The molecule has 1 rings (SSSR count). The first-order valence-corrected chi connectivity index (χ1v) is 4.86. The Balaban J connectivity index is 2.25. The largest absolute Gasteiger partial charge is 0.355 e. The fourth-order valence-corrected chi connectivity index (χ4v) is 1.11. The van der Waals surface area contributed by atoms with E-state index in [9.17, 15) is 4.79 Å². The van der Waals surface area contributed by atoms with Gasteiger partial charge >= 0.3 is 0 Å². The lowest BCUT2D eigenvalue weighted by Gasteiger charge is -2.05. The number of rotatable bonds is 4. The van der Waals surface area contributed by atoms with E-state index in [4.69, 9.17) is 0 Å². The molecule has 78 valence electrons. The van der Waals surface area contributed by atoms with E-state index in [1.807, 2.05) is 33.2 Å². The monoisotopic (exact) mass is 195 g/mol. The first kappa shape index (κ1) is 10.8. The summed E-state index contributed by atoms with van der Waals surface area (Å²) in [5.41, 5.74) is 1.01. The summed E-state index contributed by atoms with van der Waals surface area (Å²) in [6.45, 7) is 4.43. The van der Waals surface area contributed by atoms with Crippen molar-refractivity contribution in [2.75, 3.05) is 6.54 Å². The van der Waals surface area contributed by atoms with Gasteiger partial charge in [0.25, 0.3) is 0 Å². The number of nitrogens with zero attached hydrogens (tertiary/aromatic N) is 2. The van der Waals surface area contributed by atoms with Crippen LogP contribution in [0, 0.1) is 5.92 Å². The molecule has 4 nitrogen and oxygen atoms in total. The summed E-state index contributed by atoms with van der Waals surface area (Å²) in [6, 6.07) is 1.96. The lowest BCUT2D eigenvalue weighted by molar-refractivity contribution is -0.123. The number of nitrogens with one attached hydrogen (secondary N) is 1. The van der Waals surface area contributed by atoms with Crippen molar-refractivity contribution in [2.24, 2.45) is 13.0 Å². The molecule has 0 radical (unpaired) electrons. The van der Waals surface area contributed by atoms with Gasteiger partial charge in [-0.25, -0.2) is 0 Å². The molecule has 1 aromatic rings. The van der Waals surface area contributed by atoms with Crippen molar-refractivity contribution in [1.29, 1.82) is 0 Å². The van der Waals surface area contributed by atoms with Crippen molar-refractivity contribution in [3.8, 4) is 0 Å². The Bertz CT molecular complexity index is 304. The van der Waals surface area contributed by atoms with E-state index in [2.05, 4.69) is 10.4 Å². The molecule has 0 aromatic carbocycles. The van der Waals surface area contributed by atoms with Gasteiger partial charge in [0.1, 0.15) is 0 Å². The van der Waals surface area contributed by atoms with Crippen LogP contribution in [0.4, 0.5) is 0 Å². The number of aromatic nitrogens is 2. The van der Waals surface area contributed by atoms with Crippen molar-refractivity contribution in [3.05, 3.63) is 18.0 Å². The minimum atomic E-state index is 0.0544. The zero-order valence-corrected chi connectivity index (χ0v) is 8.95. The van der Waals surface area contributed by atoms with Gasteiger partial charge < -0.3 is 5.32 Å². The normalized spacial score (nSPS) is 10.6. The van der Waals surface area contributed by atoms with E-state index < -0.39 is 0 Å². The van der Waals surface area contributed by atoms with E-state index in [0.29, 0.717) is 6.54 Å². The van der Waals surface area contributed by atoms with Gasteiger partial charge in [-0.1, -0.05) is 13.8 Å². The van der Waals surface area contributed by atoms with E-state index in [0.717, 1.165) is 12.1 Å². The molecular formula is C10H17N3O. The van der Waals surface area contributed by atoms with Crippen molar-refractivity contribution in [3.63, 3.8) is 0 Å². The quantitative estimate of drug-likeness (QED) is 0.770. The summed E-state index contributed by atoms with van der Waals surface area (Å²) < 4.78 is 1.76. The molecule has 14 heavy (non-hydrogen) atoms. The molecule has 0 saturated heterocycles. The molecule has 0 aliphatic rings. The molecule has 4 heteroatoms. The molecule has 1 amide bonds. The highest BCUT2D eigenvalue weighted by Crippen LogP contribution is 1.95. The summed E-state index contributed by atoms with van der Waals surface area (Å²) in [5.74, 6) is 0.152. The van der Waals surface area contributed by atoms with Crippen LogP contribution < -0.4 is 5.32 Å². The minimum Gasteiger partial charge on any atom is -0.355 e. The zero-order chi connectivity index (χ0) is 10.6. The number of carbonyl (C=O) groups is 1. The molecule has 0 atom stereocenters. The molecule has 1 N–H and O–H groups in total. The molecule has 0 aliphatic heterocycles. The highest BCUT2D eigenvalue weighted by Gasteiger charge is 2.05. The standard InChI is InChI=1S/C10H17N3O/c1-8(2)10(14)11-6-4-9-5-7-13(3)12-9/h5,7-8H,4,6H2,1-3H3,(H,11,14). The Morgan fingerprint density at radius 2 is 2.36 bits per heavy atom. The SMILES string of the molecule is CC(C)C(=O)NCCc1ccn(C)n1. The Labute approximate surface area is 84.3 Å². The maximum Gasteiger partial charge on any atom is 0.222 e. The molecule has 0 spiro atoms. The average molecular weight is 195 g/mol. The molecule has 0 fully saturated rings. The van der Waals surface area contributed by atoms with Crippen LogP contribution in [0.15, 0.2) is 12.3 Å². The van der Waals surface area contributed by atoms with Crippen LogP contribution in [0.3, 0.4) is 0 Å². The number of hydrogen-bond acceptors (Lipinski definition) is 2. The van der Waals surface area contributed by atoms with Gasteiger partial charge in [-0.2, -0.15) is 5.10 Å². The molecule has 0 unspecified atom stereocenters. The maximum absolute atomic E-state index is 11.2. The zero-order valence-electron chi connectivity index (χ0n) is 8.95. The van der Waals surface area contributed by atoms with Crippen molar-refractivity contribution in [1.82, 2.24) is 15.1 Å². The topological polar surface area (TPSA) is 46.9 Å². The van der Waals surface area contributed by atoms with E-state index in [-0.39, 0.29) is 11.8 Å². The Kier molecular flexibility index (Phi) is 3.68. The Morgan fingerprint density at radius 1 is 1.64 bits per heavy atom. The van der Waals surface area contributed by atoms with Crippen molar-refractivity contribution < 1.29 is 4.79 Å². The molecule has 1 heterocycles. The Hall–Kier alpha value is -1.32. The lowest BCUT2D eigenvalue weighted by atomic mass is 10.2. The first-order valence-electron chi connectivity index (χ1n) is 4.86. The predicted molar refractivity (Wildman–Crippen MR) is 54.8 cm³/mol.